The Bertz CT molecular complexity index is 974. The summed E-state index contributed by atoms with van der Waals surface area (Å²) in [6, 6.07) is 10.4. The van der Waals surface area contributed by atoms with Crippen LogP contribution in [0.25, 0.3) is 10.9 Å². The van der Waals surface area contributed by atoms with E-state index >= 15 is 0 Å². The number of hydrogen-bond acceptors (Lipinski definition) is 3. The summed E-state index contributed by atoms with van der Waals surface area (Å²) in [5.41, 5.74) is 2.78. The molecule has 1 heterocycles. The van der Waals surface area contributed by atoms with Crippen molar-refractivity contribution in [2.75, 3.05) is 32.6 Å². The van der Waals surface area contributed by atoms with Crippen LogP contribution in [0.3, 0.4) is 0 Å². The fraction of sp³-hybridized carbons (Fsp3) is 0.286. The van der Waals surface area contributed by atoms with E-state index in [1.54, 1.807) is 20.2 Å². The van der Waals surface area contributed by atoms with Gasteiger partial charge in [0.25, 0.3) is 0 Å². The molecule has 0 fully saturated rings. The molecule has 0 aliphatic heterocycles. The monoisotopic (exact) mass is 512 g/mol. The van der Waals surface area contributed by atoms with E-state index < -0.39 is 0 Å². The molecule has 3 N–H and O–H groups in total. The van der Waals surface area contributed by atoms with E-state index in [0.717, 1.165) is 28.6 Å². The van der Waals surface area contributed by atoms with Crippen molar-refractivity contribution in [2.24, 2.45) is 4.99 Å². The van der Waals surface area contributed by atoms with E-state index in [-0.39, 0.29) is 29.8 Å². The molecule has 0 bridgehead atoms. The van der Waals surface area contributed by atoms with E-state index in [4.69, 9.17) is 9.47 Å². The fourth-order valence-electron chi connectivity index (χ4n) is 3.02. The van der Waals surface area contributed by atoms with E-state index in [2.05, 4.69) is 20.6 Å². The third-order valence-electron chi connectivity index (χ3n) is 4.37. The quantitative estimate of drug-likeness (QED) is 0.247. The van der Waals surface area contributed by atoms with Crippen LogP contribution < -0.4 is 20.1 Å². The number of nitrogens with zero attached hydrogens (tertiary/aromatic N) is 1. The van der Waals surface area contributed by atoms with Crippen molar-refractivity contribution < 1.29 is 13.9 Å². The Hall–Kier alpha value is -2.49. The Morgan fingerprint density at radius 3 is 2.72 bits per heavy atom. The van der Waals surface area contributed by atoms with Gasteiger partial charge in [-0.05, 0) is 49.2 Å². The molecular weight excluding hydrogens is 486 g/mol. The average molecular weight is 512 g/mol. The van der Waals surface area contributed by atoms with Gasteiger partial charge in [0.2, 0.25) is 0 Å². The van der Waals surface area contributed by atoms with Crippen molar-refractivity contribution in [2.45, 2.75) is 13.3 Å². The van der Waals surface area contributed by atoms with Crippen LogP contribution in [0, 0.1) is 5.82 Å². The van der Waals surface area contributed by atoms with Gasteiger partial charge in [-0.15, -0.1) is 24.0 Å². The molecule has 3 rings (SSSR count). The Kier molecular flexibility index (Phi) is 8.56. The normalized spacial score (nSPS) is 11.1. The maximum atomic E-state index is 13.3. The molecule has 29 heavy (non-hydrogen) atoms. The summed E-state index contributed by atoms with van der Waals surface area (Å²) in [5, 5.41) is 7.57. The maximum Gasteiger partial charge on any atom is 0.195 e. The van der Waals surface area contributed by atoms with E-state index in [0.29, 0.717) is 30.6 Å². The molecule has 156 valence electrons. The number of aromatic amines is 1. The predicted molar refractivity (Wildman–Crippen MR) is 127 cm³/mol. The van der Waals surface area contributed by atoms with Crippen molar-refractivity contribution in [1.82, 2.24) is 10.3 Å². The van der Waals surface area contributed by atoms with Gasteiger partial charge >= 0.3 is 0 Å². The summed E-state index contributed by atoms with van der Waals surface area (Å²) in [6.45, 7) is 3.17. The minimum Gasteiger partial charge on any atom is -0.493 e. The Morgan fingerprint density at radius 2 is 2.00 bits per heavy atom. The van der Waals surface area contributed by atoms with Gasteiger partial charge in [0.1, 0.15) is 5.82 Å². The second kappa shape index (κ2) is 10.9. The molecule has 0 saturated carbocycles. The summed E-state index contributed by atoms with van der Waals surface area (Å²) in [7, 11) is 3.33. The number of fused-ring (bicyclic) bond motifs is 1. The summed E-state index contributed by atoms with van der Waals surface area (Å²) in [6.07, 6.45) is 2.69. The highest BCUT2D eigenvalue weighted by atomic mass is 127. The van der Waals surface area contributed by atoms with Gasteiger partial charge in [-0.25, -0.2) is 4.39 Å². The first-order valence-corrected chi connectivity index (χ1v) is 9.18. The third-order valence-corrected chi connectivity index (χ3v) is 4.37. The van der Waals surface area contributed by atoms with Crippen LogP contribution in [0.1, 0.15) is 12.5 Å². The lowest BCUT2D eigenvalue weighted by Gasteiger charge is -2.14. The molecule has 0 unspecified atom stereocenters. The molecule has 0 atom stereocenters. The van der Waals surface area contributed by atoms with Crippen LogP contribution in [-0.4, -0.2) is 38.3 Å². The largest absolute Gasteiger partial charge is 0.493 e. The standard InChI is InChI=1S/C21H25FN4O2.HI/c1-4-28-20-12-16(6-8-19(20)27-3)26-21(23-2)24-10-9-14-13-25-18-11-15(22)5-7-17(14)18;/h5-8,11-13,25H,4,9-10H2,1-3H3,(H2,23,24,26);1H. The summed E-state index contributed by atoms with van der Waals surface area (Å²) < 4.78 is 24.2. The number of anilines is 1. The van der Waals surface area contributed by atoms with Gasteiger partial charge in [-0.2, -0.15) is 0 Å². The Labute approximate surface area is 186 Å². The summed E-state index contributed by atoms with van der Waals surface area (Å²) >= 11 is 0. The minimum absolute atomic E-state index is 0. The molecule has 8 heteroatoms. The van der Waals surface area contributed by atoms with Crippen LogP contribution >= 0.6 is 24.0 Å². The molecule has 0 amide bonds. The summed E-state index contributed by atoms with van der Waals surface area (Å²) in [4.78, 5) is 7.37. The fourth-order valence-corrected chi connectivity index (χ4v) is 3.02. The van der Waals surface area contributed by atoms with Crippen molar-refractivity contribution in [3.63, 3.8) is 0 Å². The van der Waals surface area contributed by atoms with Crippen LogP contribution in [0.15, 0.2) is 47.6 Å². The Balaban J connectivity index is 0.00000300. The van der Waals surface area contributed by atoms with Crippen LogP contribution in [0.4, 0.5) is 10.1 Å². The number of H-pyrrole nitrogens is 1. The molecule has 3 aromatic rings. The van der Waals surface area contributed by atoms with Crippen molar-refractivity contribution in [1.29, 1.82) is 0 Å². The third kappa shape index (κ3) is 5.75. The lowest BCUT2D eigenvalue weighted by atomic mass is 10.1. The topological polar surface area (TPSA) is 70.7 Å². The number of hydrogen-bond donors (Lipinski definition) is 3. The van der Waals surface area contributed by atoms with E-state index in [9.17, 15) is 4.39 Å². The van der Waals surface area contributed by atoms with E-state index in [1.807, 2.05) is 31.3 Å². The van der Waals surface area contributed by atoms with Gasteiger partial charge in [-0.3, -0.25) is 4.99 Å². The molecule has 2 aromatic carbocycles. The molecule has 0 saturated heterocycles. The van der Waals surface area contributed by atoms with Crippen LogP contribution in [-0.2, 0) is 6.42 Å². The number of halogens is 2. The molecule has 1 aromatic heterocycles. The zero-order valence-electron chi connectivity index (χ0n) is 16.7. The lowest BCUT2D eigenvalue weighted by molar-refractivity contribution is 0.311. The zero-order chi connectivity index (χ0) is 19.9. The van der Waals surface area contributed by atoms with Gasteiger partial charge in [-0.1, -0.05) is 0 Å². The smallest absolute Gasteiger partial charge is 0.195 e. The van der Waals surface area contributed by atoms with Gasteiger partial charge in [0.15, 0.2) is 17.5 Å². The number of aliphatic imine (C=N–C) groups is 1. The molecule has 0 spiro atoms. The number of guanidine groups is 1. The van der Waals surface area contributed by atoms with Crippen molar-refractivity contribution in [3.05, 3.63) is 54.0 Å². The number of ether oxygens (including phenoxy) is 2. The highest BCUT2D eigenvalue weighted by molar-refractivity contribution is 14.0. The molecule has 6 nitrogen and oxygen atoms in total. The Morgan fingerprint density at radius 1 is 1.17 bits per heavy atom. The maximum absolute atomic E-state index is 13.3. The predicted octanol–water partition coefficient (Wildman–Crippen LogP) is 4.56. The number of benzene rings is 2. The average Bonchev–Trinajstić information content (AvgIpc) is 3.09. The van der Waals surface area contributed by atoms with Gasteiger partial charge in [0, 0.05) is 42.4 Å². The van der Waals surface area contributed by atoms with Crippen LogP contribution in [0.5, 0.6) is 11.5 Å². The van der Waals surface area contributed by atoms with E-state index in [1.165, 1.54) is 12.1 Å². The first-order chi connectivity index (χ1) is 13.6. The SMILES string of the molecule is CCOc1cc(NC(=NC)NCCc2c[nH]c3cc(F)ccc23)ccc1OC.I. The second-order valence-corrected chi connectivity index (χ2v) is 6.18. The minimum atomic E-state index is -0.241. The molecule has 0 radical (unpaired) electrons. The molecule has 0 aliphatic rings. The first-order valence-electron chi connectivity index (χ1n) is 9.18. The second-order valence-electron chi connectivity index (χ2n) is 6.18. The van der Waals surface area contributed by atoms with Gasteiger partial charge in [0.05, 0.1) is 13.7 Å². The van der Waals surface area contributed by atoms with Crippen molar-refractivity contribution >= 4 is 46.5 Å². The number of methoxy groups -OCH3 is 1. The molecular formula is C21H26FIN4O2. The van der Waals surface area contributed by atoms with Gasteiger partial charge < -0.3 is 25.1 Å². The number of aromatic nitrogens is 1. The highest BCUT2D eigenvalue weighted by Crippen LogP contribution is 2.30. The highest BCUT2D eigenvalue weighted by Gasteiger charge is 2.08. The van der Waals surface area contributed by atoms with Crippen molar-refractivity contribution in [3.8, 4) is 11.5 Å². The zero-order valence-corrected chi connectivity index (χ0v) is 19.0. The lowest BCUT2D eigenvalue weighted by Crippen LogP contribution is -2.32. The number of rotatable bonds is 7. The molecule has 0 aliphatic carbocycles. The van der Waals surface area contributed by atoms with Crippen LogP contribution in [0.2, 0.25) is 0 Å². The first kappa shape index (κ1) is 22.8. The number of nitrogens with one attached hydrogen (secondary N) is 3. The summed E-state index contributed by atoms with van der Waals surface area (Å²) in [5.74, 6) is 1.77.